The zero-order chi connectivity index (χ0) is 13.1. The van der Waals surface area contributed by atoms with Crippen LogP contribution in [0.4, 0.5) is 0 Å². The maximum absolute atomic E-state index is 12.5. The summed E-state index contributed by atoms with van der Waals surface area (Å²) >= 11 is 3.46. The van der Waals surface area contributed by atoms with Gasteiger partial charge in [0.25, 0.3) is 5.91 Å². The minimum atomic E-state index is 0.106. The van der Waals surface area contributed by atoms with Crippen molar-refractivity contribution in [1.82, 2.24) is 9.47 Å². The molecule has 1 aromatic heterocycles. The minimum Gasteiger partial charge on any atom is -0.339 e. The molecule has 0 aliphatic heterocycles. The van der Waals surface area contributed by atoms with Crippen molar-refractivity contribution >= 4 is 21.8 Å². The standard InChI is InChI=1S/C14H19BrN2O/c1-3-7-16(8-4-2)14(18)13-9-11(15)10-17(13)12-5-6-12/h3,9-10,12H,1,4-8H2,2H3. The van der Waals surface area contributed by atoms with Crippen LogP contribution in [0.2, 0.25) is 0 Å². The van der Waals surface area contributed by atoms with Crippen molar-refractivity contribution < 1.29 is 4.79 Å². The molecule has 4 heteroatoms. The van der Waals surface area contributed by atoms with Crippen LogP contribution in [-0.4, -0.2) is 28.5 Å². The van der Waals surface area contributed by atoms with E-state index in [4.69, 9.17) is 0 Å². The van der Waals surface area contributed by atoms with E-state index in [1.165, 1.54) is 12.8 Å². The second-order valence-electron chi connectivity index (χ2n) is 4.72. The Labute approximate surface area is 117 Å². The Hall–Kier alpha value is -1.03. The predicted molar refractivity (Wildman–Crippen MR) is 76.8 cm³/mol. The summed E-state index contributed by atoms with van der Waals surface area (Å²) in [4.78, 5) is 14.4. The molecular weight excluding hydrogens is 292 g/mol. The van der Waals surface area contributed by atoms with Gasteiger partial charge in [-0.15, -0.1) is 6.58 Å². The summed E-state index contributed by atoms with van der Waals surface area (Å²) in [6, 6.07) is 2.44. The molecule has 2 rings (SSSR count). The maximum atomic E-state index is 12.5. The van der Waals surface area contributed by atoms with E-state index in [0.717, 1.165) is 23.1 Å². The molecule has 0 bridgehead atoms. The first-order valence-electron chi connectivity index (χ1n) is 6.45. The first-order chi connectivity index (χ1) is 8.67. The molecule has 0 atom stereocenters. The average molecular weight is 311 g/mol. The largest absolute Gasteiger partial charge is 0.339 e. The van der Waals surface area contributed by atoms with Crippen molar-refractivity contribution in [3.05, 3.63) is 35.1 Å². The molecule has 0 saturated heterocycles. The van der Waals surface area contributed by atoms with Crippen LogP contribution in [-0.2, 0) is 0 Å². The summed E-state index contributed by atoms with van der Waals surface area (Å²) in [6.45, 7) is 7.19. The molecule has 0 radical (unpaired) electrons. The fourth-order valence-corrected chi connectivity index (χ4v) is 2.57. The van der Waals surface area contributed by atoms with Crippen molar-refractivity contribution in [3.63, 3.8) is 0 Å². The molecule has 1 aromatic rings. The Bertz CT molecular complexity index is 449. The van der Waals surface area contributed by atoms with Crippen molar-refractivity contribution in [2.75, 3.05) is 13.1 Å². The van der Waals surface area contributed by atoms with Gasteiger partial charge in [-0.3, -0.25) is 4.79 Å². The van der Waals surface area contributed by atoms with Gasteiger partial charge in [0.2, 0.25) is 0 Å². The molecule has 1 aliphatic rings. The normalized spacial score (nSPS) is 14.6. The molecule has 1 fully saturated rings. The van der Waals surface area contributed by atoms with Gasteiger partial charge in [0.1, 0.15) is 5.69 Å². The smallest absolute Gasteiger partial charge is 0.270 e. The van der Waals surface area contributed by atoms with Crippen molar-refractivity contribution in [2.24, 2.45) is 0 Å². The number of halogens is 1. The second kappa shape index (κ2) is 5.74. The van der Waals surface area contributed by atoms with Gasteiger partial charge in [-0.1, -0.05) is 13.0 Å². The quantitative estimate of drug-likeness (QED) is 0.737. The minimum absolute atomic E-state index is 0.106. The van der Waals surface area contributed by atoms with Gasteiger partial charge < -0.3 is 9.47 Å². The highest BCUT2D eigenvalue weighted by Crippen LogP contribution is 2.37. The van der Waals surface area contributed by atoms with Gasteiger partial charge in [-0.05, 0) is 41.3 Å². The van der Waals surface area contributed by atoms with Gasteiger partial charge in [-0.2, -0.15) is 0 Å². The number of carbonyl (C=O) groups is 1. The number of carbonyl (C=O) groups excluding carboxylic acids is 1. The Morgan fingerprint density at radius 1 is 1.67 bits per heavy atom. The molecule has 0 N–H and O–H groups in total. The average Bonchev–Trinajstić information content (AvgIpc) is 3.11. The number of nitrogens with zero attached hydrogens (tertiary/aromatic N) is 2. The van der Waals surface area contributed by atoms with Gasteiger partial charge in [0, 0.05) is 29.8 Å². The monoisotopic (exact) mass is 310 g/mol. The summed E-state index contributed by atoms with van der Waals surface area (Å²) in [7, 11) is 0. The zero-order valence-electron chi connectivity index (χ0n) is 10.7. The summed E-state index contributed by atoms with van der Waals surface area (Å²) in [5.74, 6) is 0.106. The molecule has 1 aliphatic carbocycles. The first-order valence-corrected chi connectivity index (χ1v) is 7.24. The molecule has 0 spiro atoms. The lowest BCUT2D eigenvalue weighted by Crippen LogP contribution is -2.33. The summed E-state index contributed by atoms with van der Waals surface area (Å²) in [5, 5.41) is 0. The van der Waals surface area contributed by atoms with E-state index in [1.54, 1.807) is 6.08 Å². The maximum Gasteiger partial charge on any atom is 0.270 e. The van der Waals surface area contributed by atoms with Gasteiger partial charge in [0.15, 0.2) is 0 Å². The van der Waals surface area contributed by atoms with E-state index >= 15 is 0 Å². The lowest BCUT2D eigenvalue weighted by atomic mass is 10.3. The number of rotatable bonds is 6. The molecule has 0 unspecified atom stereocenters. The third kappa shape index (κ3) is 2.86. The van der Waals surface area contributed by atoms with Crippen LogP contribution < -0.4 is 0 Å². The van der Waals surface area contributed by atoms with Crippen molar-refractivity contribution in [1.29, 1.82) is 0 Å². The Balaban J connectivity index is 2.22. The van der Waals surface area contributed by atoms with Gasteiger partial charge in [0.05, 0.1) is 0 Å². The van der Waals surface area contributed by atoms with Crippen LogP contribution in [0.15, 0.2) is 29.4 Å². The number of amides is 1. The predicted octanol–water partition coefficient (Wildman–Crippen LogP) is 3.62. The second-order valence-corrected chi connectivity index (χ2v) is 5.64. The number of hydrogen-bond acceptors (Lipinski definition) is 1. The van der Waals surface area contributed by atoms with Crippen LogP contribution in [0.3, 0.4) is 0 Å². The topological polar surface area (TPSA) is 25.2 Å². The molecule has 1 amide bonds. The molecule has 98 valence electrons. The Morgan fingerprint density at radius 2 is 2.39 bits per heavy atom. The highest BCUT2D eigenvalue weighted by molar-refractivity contribution is 9.10. The number of aromatic nitrogens is 1. The summed E-state index contributed by atoms with van der Waals surface area (Å²) in [6.07, 6.45) is 7.12. The van der Waals surface area contributed by atoms with E-state index in [9.17, 15) is 4.79 Å². The van der Waals surface area contributed by atoms with Crippen LogP contribution in [0.25, 0.3) is 0 Å². The Morgan fingerprint density at radius 3 is 2.94 bits per heavy atom. The lowest BCUT2D eigenvalue weighted by molar-refractivity contribution is 0.0763. The molecule has 3 nitrogen and oxygen atoms in total. The SMILES string of the molecule is C=CCN(CCC)C(=O)c1cc(Br)cn1C1CC1. The molecule has 1 heterocycles. The third-order valence-electron chi connectivity index (χ3n) is 3.10. The lowest BCUT2D eigenvalue weighted by Gasteiger charge is -2.21. The fourth-order valence-electron chi connectivity index (χ4n) is 2.14. The van der Waals surface area contributed by atoms with Gasteiger partial charge >= 0.3 is 0 Å². The van der Waals surface area contributed by atoms with Crippen LogP contribution >= 0.6 is 15.9 Å². The fraction of sp³-hybridized carbons (Fsp3) is 0.500. The highest BCUT2D eigenvalue weighted by Gasteiger charge is 2.29. The third-order valence-corrected chi connectivity index (χ3v) is 3.54. The zero-order valence-corrected chi connectivity index (χ0v) is 12.3. The van der Waals surface area contributed by atoms with E-state index in [-0.39, 0.29) is 5.91 Å². The number of hydrogen-bond donors (Lipinski definition) is 0. The van der Waals surface area contributed by atoms with Crippen molar-refractivity contribution in [2.45, 2.75) is 32.2 Å². The van der Waals surface area contributed by atoms with E-state index in [1.807, 2.05) is 17.2 Å². The molecular formula is C14H19BrN2O. The molecule has 0 aromatic carbocycles. The Kier molecular flexibility index (Phi) is 4.27. The van der Waals surface area contributed by atoms with Crippen LogP contribution in [0.5, 0.6) is 0 Å². The van der Waals surface area contributed by atoms with E-state index < -0.39 is 0 Å². The van der Waals surface area contributed by atoms with E-state index in [0.29, 0.717) is 12.6 Å². The summed E-state index contributed by atoms with van der Waals surface area (Å²) in [5.41, 5.74) is 0.791. The first kappa shape index (κ1) is 13.4. The molecule has 18 heavy (non-hydrogen) atoms. The molecule has 1 saturated carbocycles. The highest BCUT2D eigenvalue weighted by atomic mass is 79.9. The van der Waals surface area contributed by atoms with Gasteiger partial charge in [-0.25, -0.2) is 0 Å². The van der Waals surface area contributed by atoms with E-state index in [2.05, 4.69) is 34.0 Å². The van der Waals surface area contributed by atoms with Crippen molar-refractivity contribution in [3.8, 4) is 0 Å². The summed E-state index contributed by atoms with van der Waals surface area (Å²) < 4.78 is 3.09. The van der Waals surface area contributed by atoms with Crippen LogP contribution in [0.1, 0.15) is 42.7 Å². The van der Waals surface area contributed by atoms with Crippen LogP contribution in [0, 0.1) is 0 Å².